The van der Waals surface area contributed by atoms with Crippen LogP contribution in [0, 0.1) is 0 Å². The molecule has 1 aromatic carbocycles. The Hall–Kier alpha value is -1.02. The Kier molecular flexibility index (Phi) is 3.96. The van der Waals surface area contributed by atoms with Crippen LogP contribution in [0.3, 0.4) is 0 Å². The van der Waals surface area contributed by atoms with Crippen molar-refractivity contribution in [1.82, 2.24) is 0 Å². The highest BCUT2D eigenvalue weighted by Gasteiger charge is 2.06. The van der Waals surface area contributed by atoms with Crippen molar-refractivity contribution < 1.29 is 9.47 Å². The van der Waals surface area contributed by atoms with Crippen LogP contribution in [0.25, 0.3) is 0 Å². The zero-order valence-electron chi connectivity index (χ0n) is 9.33. The van der Waals surface area contributed by atoms with Gasteiger partial charge in [0.1, 0.15) is 5.75 Å². The van der Waals surface area contributed by atoms with Gasteiger partial charge in [-0.2, -0.15) is 0 Å². The molecule has 0 fully saturated rings. The Bertz CT molecular complexity index is 292. The molecule has 0 spiro atoms. The molecule has 0 aromatic heterocycles. The minimum Gasteiger partial charge on any atom is -0.496 e. The summed E-state index contributed by atoms with van der Waals surface area (Å²) in [5.74, 6) is 1.44. The van der Waals surface area contributed by atoms with Gasteiger partial charge in [0.25, 0.3) is 0 Å². The fourth-order valence-corrected chi connectivity index (χ4v) is 1.43. The third kappa shape index (κ3) is 2.48. The highest BCUT2D eigenvalue weighted by atomic mass is 16.5. The lowest BCUT2D eigenvalue weighted by Gasteiger charge is -2.11. The molecule has 0 atom stereocenters. The van der Waals surface area contributed by atoms with Crippen molar-refractivity contribution in [2.45, 2.75) is 26.4 Å². The van der Waals surface area contributed by atoms with Gasteiger partial charge in [0, 0.05) is 12.7 Å². The molecule has 0 N–H and O–H groups in total. The predicted molar refractivity (Wildman–Crippen MR) is 57.8 cm³/mol. The van der Waals surface area contributed by atoms with E-state index in [1.807, 2.05) is 6.07 Å². The molecule has 0 amide bonds. The lowest BCUT2D eigenvalue weighted by atomic mass is 10.0. The van der Waals surface area contributed by atoms with E-state index in [2.05, 4.69) is 26.0 Å². The lowest BCUT2D eigenvalue weighted by molar-refractivity contribution is 0.181. The highest BCUT2D eigenvalue weighted by molar-refractivity contribution is 5.37. The van der Waals surface area contributed by atoms with Crippen LogP contribution < -0.4 is 4.74 Å². The smallest absolute Gasteiger partial charge is 0.124 e. The maximum Gasteiger partial charge on any atom is 0.124 e. The Balaban J connectivity index is 3.01. The Labute approximate surface area is 85.8 Å². The van der Waals surface area contributed by atoms with Crippen molar-refractivity contribution in [1.29, 1.82) is 0 Å². The molecular formula is C12H18O2. The first-order chi connectivity index (χ1) is 6.69. The minimum absolute atomic E-state index is 0.538. The average molecular weight is 194 g/mol. The van der Waals surface area contributed by atoms with Crippen LogP contribution >= 0.6 is 0 Å². The summed E-state index contributed by atoms with van der Waals surface area (Å²) in [6.07, 6.45) is 0. The molecule has 1 rings (SSSR count). The topological polar surface area (TPSA) is 18.5 Å². The molecule has 0 bridgehead atoms. The molecule has 14 heavy (non-hydrogen) atoms. The van der Waals surface area contributed by atoms with Gasteiger partial charge in [0.15, 0.2) is 0 Å². The fraction of sp³-hybridized carbons (Fsp3) is 0.500. The summed E-state index contributed by atoms with van der Waals surface area (Å²) >= 11 is 0. The van der Waals surface area contributed by atoms with E-state index >= 15 is 0 Å². The SMILES string of the molecule is COCc1cc(C(C)C)ccc1OC. The third-order valence-electron chi connectivity index (χ3n) is 2.27. The van der Waals surface area contributed by atoms with Crippen LogP contribution in [-0.2, 0) is 11.3 Å². The second-order valence-electron chi connectivity index (χ2n) is 3.66. The monoisotopic (exact) mass is 194 g/mol. The molecule has 0 aliphatic carbocycles. The molecule has 0 aliphatic rings. The molecule has 0 unspecified atom stereocenters. The molecule has 0 heterocycles. The van der Waals surface area contributed by atoms with Gasteiger partial charge in [-0.05, 0) is 23.6 Å². The standard InChI is InChI=1S/C12H18O2/c1-9(2)10-5-6-12(14-4)11(7-10)8-13-3/h5-7,9H,8H2,1-4H3. The van der Waals surface area contributed by atoms with Gasteiger partial charge in [0.2, 0.25) is 0 Å². The van der Waals surface area contributed by atoms with Gasteiger partial charge >= 0.3 is 0 Å². The second kappa shape index (κ2) is 5.01. The zero-order chi connectivity index (χ0) is 10.6. The first-order valence-corrected chi connectivity index (χ1v) is 4.84. The van der Waals surface area contributed by atoms with Gasteiger partial charge < -0.3 is 9.47 Å². The van der Waals surface area contributed by atoms with Gasteiger partial charge in [-0.3, -0.25) is 0 Å². The number of hydrogen-bond acceptors (Lipinski definition) is 2. The summed E-state index contributed by atoms with van der Waals surface area (Å²) in [6.45, 7) is 4.96. The molecule has 1 aromatic rings. The highest BCUT2D eigenvalue weighted by Crippen LogP contribution is 2.24. The number of benzene rings is 1. The van der Waals surface area contributed by atoms with Crippen molar-refractivity contribution in [3.63, 3.8) is 0 Å². The molecule has 0 saturated carbocycles. The quantitative estimate of drug-likeness (QED) is 0.733. The Morgan fingerprint density at radius 3 is 2.43 bits per heavy atom. The van der Waals surface area contributed by atoms with Gasteiger partial charge in [-0.25, -0.2) is 0 Å². The van der Waals surface area contributed by atoms with E-state index in [1.54, 1.807) is 14.2 Å². The van der Waals surface area contributed by atoms with Gasteiger partial charge in [-0.15, -0.1) is 0 Å². The maximum absolute atomic E-state index is 5.25. The van der Waals surface area contributed by atoms with E-state index < -0.39 is 0 Å². The largest absolute Gasteiger partial charge is 0.496 e. The number of ether oxygens (including phenoxy) is 2. The van der Waals surface area contributed by atoms with Crippen molar-refractivity contribution in [2.24, 2.45) is 0 Å². The molecule has 2 heteroatoms. The number of methoxy groups -OCH3 is 2. The van der Waals surface area contributed by atoms with Crippen molar-refractivity contribution >= 4 is 0 Å². The Morgan fingerprint density at radius 2 is 1.93 bits per heavy atom. The van der Waals surface area contributed by atoms with Gasteiger partial charge in [-0.1, -0.05) is 19.9 Å². The van der Waals surface area contributed by atoms with Gasteiger partial charge in [0.05, 0.1) is 13.7 Å². The van der Waals surface area contributed by atoms with Crippen LogP contribution in [0.1, 0.15) is 30.9 Å². The summed E-state index contributed by atoms with van der Waals surface area (Å²) < 4.78 is 10.4. The Morgan fingerprint density at radius 1 is 1.21 bits per heavy atom. The summed E-state index contributed by atoms with van der Waals surface area (Å²) in [6, 6.07) is 6.25. The maximum atomic E-state index is 5.25. The molecule has 0 radical (unpaired) electrons. The van der Waals surface area contributed by atoms with E-state index in [-0.39, 0.29) is 0 Å². The predicted octanol–water partition coefficient (Wildman–Crippen LogP) is 2.97. The van der Waals surface area contributed by atoms with Crippen LogP contribution in [0.2, 0.25) is 0 Å². The van der Waals surface area contributed by atoms with Crippen LogP contribution in [0.5, 0.6) is 5.75 Å². The summed E-state index contributed by atoms with van der Waals surface area (Å²) in [7, 11) is 3.38. The van der Waals surface area contributed by atoms with Crippen LogP contribution in [0.15, 0.2) is 18.2 Å². The van der Waals surface area contributed by atoms with Crippen LogP contribution in [0.4, 0.5) is 0 Å². The normalized spacial score (nSPS) is 10.6. The van der Waals surface area contributed by atoms with E-state index in [1.165, 1.54) is 5.56 Å². The van der Waals surface area contributed by atoms with E-state index in [0.717, 1.165) is 11.3 Å². The second-order valence-corrected chi connectivity index (χ2v) is 3.66. The van der Waals surface area contributed by atoms with Crippen molar-refractivity contribution in [3.8, 4) is 5.75 Å². The molecule has 78 valence electrons. The average Bonchev–Trinajstić information content (AvgIpc) is 2.18. The first-order valence-electron chi connectivity index (χ1n) is 4.84. The third-order valence-corrected chi connectivity index (χ3v) is 2.27. The number of rotatable bonds is 4. The summed E-state index contributed by atoms with van der Waals surface area (Å²) in [5, 5.41) is 0. The number of hydrogen-bond donors (Lipinski definition) is 0. The minimum atomic E-state index is 0.538. The van der Waals surface area contributed by atoms with Crippen LogP contribution in [-0.4, -0.2) is 14.2 Å². The van der Waals surface area contributed by atoms with Crippen molar-refractivity contribution in [3.05, 3.63) is 29.3 Å². The first kappa shape index (κ1) is 11.1. The fourth-order valence-electron chi connectivity index (χ4n) is 1.43. The molecular weight excluding hydrogens is 176 g/mol. The zero-order valence-corrected chi connectivity index (χ0v) is 9.33. The molecule has 0 aliphatic heterocycles. The summed E-state index contributed by atoms with van der Waals surface area (Å²) in [5.41, 5.74) is 2.43. The molecule has 0 saturated heterocycles. The van der Waals surface area contributed by atoms with Crippen molar-refractivity contribution in [2.75, 3.05) is 14.2 Å². The van der Waals surface area contributed by atoms with E-state index in [4.69, 9.17) is 9.47 Å². The van der Waals surface area contributed by atoms with E-state index in [9.17, 15) is 0 Å². The summed E-state index contributed by atoms with van der Waals surface area (Å²) in [4.78, 5) is 0. The van der Waals surface area contributed by atoms with E-state index in [0.29, 0.717) is 12.5 Å². The lowest BCUT2D eigenvalue weighted by Crippen LogP contribution is -1.96. The molecule has 2 nitrogen and oxygen atoms in total.